The third kappa shape index (κ3) is 3.00. The molecule has 1 aromatic carbocycles. The molecule has 112 valence electrons. The topological polar surface area (TPSA) is 87.8 Å². The Kier molecular flexibility index (Phi) is 6.05. The van der Waals surface area contributed by atoms with Gasteiger partial charge in [0.05, 0.1) is 13.2 Å². The Bertz CT molecular complexity index is 497. The second-order valence-electron chi connectivity index (χ2n) is 3.94. The molecule has 2 N–H and O–H groups in total. The minimum absolute atomic E-state index is 0.142. The molecular weight excluding hydrogens is 281 g/mol. The summed E-state index contributed by atoms with van der Waals surface area (Å²) in [4.78, 5) is 11.2. The van der Waals surface area contributed by atoms with E-state index in [1.165, 1.54) is 7.11 Å². The Labute approximate surface area is 118 Å². The fourth-order valence-corrected chi connectivity index (χ4v) is 3.72. The summed E-state index contributed by atoms with van der Waals surface area (Å²) in [5, 5.41) is 0. The van der Waals surface area contributed by atoms with E-state index in [0.717, 1.165) is 0 Å². The monoisotopic (exact) mass is 301 g/mol. The van der Waals surface area contributed by atoms with Crippen molar-refractivity contribution in [2.75, 3.05) is 20.3 Å². The van der Waals surface area contributed by atoms with E-state index >= 15 is 0 Å². The third-order valence-corrected chi connectivity index (χ3v) is 5.22. The van der Waals surface area contributed by atoms with Crippen molar-refractivity contribution in [3.05, 3.63) is 35.4 Å². The molecule has 0 fully saturated rings. The number of aldehydes is 1. The summed E-state index contributed by atoms with van der Waals surface area (Å²) >= 11 is 0. The lowest BCUT2D eigenvalue weighted by Gasteiger charge is -2.35. The van der Waals surface area contributed by atoms with Crippen LogP contribution in [0.4, 0.5) is 0 Å². The lowest BCUT2D eigenvalue weighted by atomic mass is 10.1. The highest BCUT2D eigenvalue weighted by Crippen LogP contribution is 2.62. The number of ether oxygens (including phenoxy) is 1. The van der Waals surface area contributed by atoms with E-state index in [-0.39, 0.29) is 24.3 Å². The van der Waals surface area contributed by atoms with Gasteiger partial charge in [-0.15, -0.1) is 0 Å². The minimum atomic E-state index is -3.81. The van der Waals surface area contributed by atoms with Crippen molar-refractivity contribution in [2.24, 2.45) is 5.73 Å². The molecule has 0 heterocycles. The quantitative estimate of drug-likeness (QED) is 0.451. The molecule has 0 radical (unpaired) electrons. The van der Waals surface area contributed by atoms with Gasteiger partial charge in [0.2, 0.25) is 5.47 Å². The van der Waals surface area contributed by atoms with Gasteiger partial charge in [0.1, 0.15) is 0 Å². The lowest BCUT2D eigenvalue weighted by molar-refractivity contribution is 0.0247. The maximum atomic E-state index is 12.9. The average molecular weight is 301 g/mol. The number of benzene rings is 1. The van der Waals surface area contributed by atoms with Crippen molar-refractivity contribution in [2.45, 2.75) is 19.3 Å². The predicted octanol–water partition coefficient (Wildman–Crippen LogP) is 2.48. The van der Waals surface area contributed by atoms with Gasteiger partial charge in [0.15, 0.2) is 6.29 Å². The number of rotatable bonds is 8. The molecule has 0 aromatic heterocycles. The summed E-state index contributed by atoms with van der Waals surface area (Å²) in [6.45, 7) is 3.63. The first-order chi connectivity index (χ1) is 9.49. The standard InChI is InChI=1S/C13H20NO5P/c1-4-18-20(16,19-5-2)13(14,17-3)12-9-7-6-8-11(12)10-15/h6-10H,4-5,14H2,1-3H3/t13-/m0/s1. The first-order valence-electron chi connectivity index (χ1n) is 6.27. The maximum Gasteiger partial charge on any atom is 0.381 e. The molecule has 1 rings (SSSR count). The SMILES string of the molecule is CCOP(=O)(OCC)[C@@](N)(OC)c1ccccc1C=O. The Balaban J connectivity index is 3.44. The van der Waals surface area contributed by atoms with Crippen molar-refractivity contribution in [3.63, 3.8) is 0 Å². The molecule has 0 amide bonds. The summed E-state index contributed by atoms with van der Waals surface area (Å²) in [6.07, 6.45) is 0.623. The van der Waals surface area contributed by atoms with Gasteiger partial charge in [-0.25, -0.2) is 0 Å². The third-order valence-electron chi connectivity index (χ3n) is 2.79. The second kappa shape index (κ2) is 7.11. The van der Waals surface area contributed by atoms with Crippen LogP contribution in [-0.2, 0) is 23.8 Å². The van der Waals surface area contributed by atoms with Gasteiger partial charge < -0.3 is 13.8 Å². The molecule has 1 aromatic rings. The Morgan fingerprint density at radius 1 is 1.25 bits per heavy atom. The number of methoxy groups -OCH3 is 1. The number of nitrogens with two attached hydrogens (primary N) is 1. The van der Waals surface area contributed by atoms with Crippen LogP contribution in [0, 0.1) is 0 Å². The first-order valence-corrected chi connectivity index (χ1v) is 7.81. The van der Waals surface area contributed by atoms with Gasteiger partial charge in [-0.1, -0.05) is 24.3 Å². The van der Waals surface area contributed by atoms with Gasteiger partial charge >= 0.3 is 7.60 Å². The Morgan fingerprint density at radius 3 is 2.25 bits per heavy atom. The van der Waals surface area contributed by atoms with Crippen molar-refractivity contribution >= 4 is 13.9 Å². The van der Waals surface area contributed by atoms with Crippen LogP contribution in [0.25, 0.3) is 0 Å². The van der Waals surface area contributed by atoms with Gasteiger partial charge in [-0.3, -0.25) is 15.1 Å². The summed E-state index contributed by atoms with van der Waals surface area (Å²) in [6, 6.07) is 6.48. The van der Waals surface area contributed by atoms with Gasteiger partial charge in [0, 0.05) is 18.2 Å². The number of carbonyl (C=O) groups is 1. The summed E-state index contributed by atoms with van der Waals surface area (Å²) in [5.41, 5.74) is 4.86. The van der Waals surface area contributed by atoms with Crippen LogP contribution >= 0.6 is 7.60 Å². The molecule has 0 saturated carbocycles. The van der Waals surface area contributed by atoms with Crippen molar-refractivity contribution in [1.82, 2.24) is 0 Å². The van der Waals surface area contributed by atoms with Crippen LogP contribution in [0.3, 0.4) is 0 Å². The zero-order valence-electron chi connectivity index (χ0n) is 11.9. The smallest absolute Gasteiger partial charge is 0.349 e. The molecule has 1 atom stereocenters. The molecule has 0 aliphatic heterocycles. The van der Waals surface area contributed by atoms with E-state index in [1.807, 2.05) is 0 Å². The van der Waals surface area contributed by atoms with E-state index < -0.39 is 13.1 Å². The van der Waals surface area contributed by atoms with Crippen LogP contribution in [-0.4, -0.2) is 26.6 Å². The summed E-state index contributed by atoms with van der Waals surface area (Å²) in [7, 11) is -2.51. The number of hydrogen-bond donors (Lipinski definition) is 1. The highest BCUT2D eigenvalue weighted by molar-refractivity contribution is 7.54. The number of carbonyl (C=O) groups excluding carboxylic acids is 1. The van der Waals surface area contributed by atoms with E-state index in [9.17, 15) is 9.36 Å². The molecular formula is C13H20NO5P. The second-order valence-corrected chi connectivity index (χ2v) is 6.11. The van der Waals surface area contributed by atoms with Crippen LogP contribution in [0.2, 0.25) is 0 Å². The lowest BCUT2D eigenvalue weighted by Crippen LogP contribution is -2.41. The van der Waals surface area contributed by atoms with Crippen molar-refractivity contribution in [1.29, 1.82) is 0 Å². The van der Waals surface area contributed by atoms with E-state index in [0.29, 0.717) is 6.29 Å². The highest BCUT2D eigenvalue weighted by atomic mass is 31.2. The van der Waals surface area contributed by atoms with Gasteiger partial charge in [-0.05, 0) is 13.8 Å². The summed E-state index contributed by atoms with van der Waals surface area (Å²) in [5.74, 6) is 0. The van der Waals surface area contributed by atoms with Crippen LogP contribution in [0.15, 0.2) is 24.3 Å². The maximum absolute atomic E-state index is 12.9. The summed E-state index contributed by atoms with van der Waals surface area (Å²) < 4.78 is 28.7. The Hall–Kier alpha value is -1.04. The fraction of sp³-hybridized carbons (Fsp3) is 0.462. The van der Waals surface area contributed by atoms with E-state index in [1.54, 1.807) is 38.1 Å². The normalized spacial score (nSPS) is 14.8. The van der Waals surface area contributed by atoms with Crippen LogP contribution in [0.1, 0.15) is 29.8 Å². The predicted molar refractivity (Wildman–Crippen MR) is 75.6 cm³/mol. The average Bonchev–Trinajstić information content (AvgIpc) is 2.46. The minimum Gasteiger partial charge on any atom is -0.349 e. The molecule has 20 heavy (non-hydrogen) atoms. The van der Waals surface area contributed by atoms with Gasteiger partial charge in [0.25, 0.3) is 0 Å². The molecule has 7 heteroatoms. The molecule has 0 spiro atoms. The van der Waals surface area contributed by atoms with Crippen LogP contribution < -0.4 is 5.73 Å². The van der Waals surface area contributed by atoms with Crippen LogP contribution in [0.5, 0.6) is 0 Å². The largest absolute Gasteiger partial charge is 0.381 e. The zero-order chi connectivity index (χ0) is 15.2. The van der Waals surface area contributed by atoms with Crippen molar-refractivity contribution in [3.8, 4) is 0 Å². The fourth-order valence-electron chi connectivity index (χ4n) is 1.86. The van der Waals surface area contributed by atoms with Gasteiger partial charge in [-0.2, -0.15) is 0 Å². The molecule has 0 unspecified atom stereocenters. The first kappa shape index (κ1) is 17.0. The highest BCUT2D eigenvalue weighted by Gasteiger charge is 2.51. The van der Waals surface area contributed by atoms with Crippen molar-refractivity contribution < 1.29 is 23.1 Å². The number of hydrogen-bond acceptors (Lipinski definition) is 6. The molecule has 0 aliphatic carbocycles. The Morgan fingerprint density at radius 2 is 1.80 bits per heavy atom. The molecule has 0 saturated heterocycles. The van der Waals surface area contributed by atoms with E-state index in [4.69, 9.17) is 19.5 Å². The molecule has 0 bridgehead atoms. The zero-order valence-corrected chi connectivity index (χ0v) is 12.8. The molecule has 6 nitrogen and oxygen atoms in total. The van der Waals surface area contributed by atoms with E-state index in [2.05, 4.69) is 0 Å². The molecule has 0 aliphatic rings.